The third kappa shape index (κ3) is 5.24. The maximum absolute atomic E-state index is 13.0. The van der Waals surface area contributed by atoms with Crippen molar-refractivity contribution in [3.63, 3.8) is 0 Å². The fourth-order valence-corrected chi connectivity index (χ4v) is 3.65. The Kier molecular flexibility index (Phi) is 6.60. The molecule has 1 N–H and O–H groups in total. The summed E-state index contributed by atoms with van der Waals surface area (Å²) in [5, 5.41) is 10.1. The predicted octanol–water partition coefficient (Wildman–Crippen LogP) is 2.56. The molecule has 2 atom stereocenters. The lowest BCUT2D eigenvalue weighted by Gasteiger charge is -2.33. The van der Waals surface area contributed by atoms with Gasteiger partial charge in [0.25, 0.3) is 0 Å². The molecule has 2 aliphatic heterocycles. The van der Waals surface area contributed by atoms with E-state index in [1.54, 1.807) is 0 Å². The molecule has 2 fully saturated rings. The first kappa shape index (κ1) is 17.8. The minimum absolute atomic E-state index is 0.178. The van der Waals surface area contributed by atoms with E-state index in [-0.39, 0.29) is 11.9 Å². The van der Waals surface area contributed by atoms with Gasteiger partial charge in [0.1, 0.15) is 5.82 Å². The third-order valence-electron chi connectivity index (χ3n) is 5.04. The molecular formula is C19H28FNO3. The maximum atomic E-state index is 13.0. The fourth-order valence-electron chi connectivity index (χ4n) is 3.65. The van der Waals surface area contributed by atoms with E-state index in [1.165, 1.54) is 17.7 Å². The molecule has 4 nitrogen and oxygen atoms in total. The van der Waals surface area contributed by atoms with Gasteiger partial charge in [-0.15, -0.1) is 0 Å². The van der Waals surface area contributed by atoms with Crippen LogP contribution in [-0.4, -0.2) is 61.7 Å². The van der Waals surface area contributed by atoms with Crippen molar-refractivity contribution in [1.29, 1.82) is 0 Å². The Labute approximate surface area is 143 Å². The standard InChI is InChI=1S/C19H28FNO3/c20-17-5-3-15(4-6-17)16-7-9-21(10-8-16)12-18(22)13-23-14-19-2-1-11-24-19/h3-6,16,18-19,22H,1-2,7-14H2. The van der Waals surface area contributed by atoms with E-state index in [0.717, 1.165) is 45.4 Å². The van der Waals surface area contributed by atoms with Crippen LogP contribution in [-0.2, 0) is 9.47 Å². The maximum Gasteiger partial charge on any atom is 0.123 e. The van der Waals surface area contributed by atoms with E-state index >= 15 is 0 Å². The van der Waals surface area contributed by atoms with Gasteiger partial charge in [-0.2, -0.15) is 0 Å². The van der Waals surface area contributed by atoms with Gasteiger partial charge < -0.3 is 19.5 Å². The van der Waals surface area contributed by atoms with Crippen molar-refractivity contribution in [1.82, 2.24) is 4.90 Å². The lowest BCUT2D eigenvalue weighted by atomic mass is 9.89. The average Bonchev–Trinajstić information content (AvgIpc) is 3.10. The van der Waals surface area contributed by atoms with Crippen LogP contribution in [0.3, 0.4) is 0 Å². The van der Waals surface area contributed by atoms with Crippen molar-refractivity contribution in [2.45, 2.75) is 43.8 Å². The highest BCUT2D eigenvalue weighted by Crippen LogP contribution is 2.28. The number of aliphatic hydroxyl groups excluding tert-OH is 1. The van der Waals surface area contributed by atoms with Crippen LogP contribution in [0.25, 0.3) is 0 Å². The molecule has 0 aliphatic carbocycles. The lowest BCUT2D eigenvalue weighted by Crippen LogP contribution is -2.40. The Morgan fingerprint density at radius 1 is 1.21 bits per heavy atom. The van der Waals surface area contributed by atoms with Gasteiger partial charge in [0.05, 0.1) is 25.4 Å². The van der Waals surface area contributed by atoms with Gasteiger partial charge in [-0.05, 0) is 62.4 Å². The molecule has 2 unspecified atom stereocenters. The number of halogens is 1. The molecule has 2 aliphatic rings. The highest BCUT2D eigenvalue weighted by Gasteiger charge is 2.22. The van der Waals surface area contributed by atoms with Crippen molar-refractivity contribution in [2.75, 3.05) is 39.5 Å². The zero-order valence-corrected chi connectivity index (χ0v) is 14.2. The monoisotopic (exact) mass is 337 g/mol. The molecular weight excluding hydrogens is 309 g/mol. The van der Waals surface area contributed by atoms with E-state index in [1.807, 2.05) is 12.1 Å². The van der Waals surface area contributed by atoms with Crippen LogP contribution in [0.15, 0.2) is 24.3 Å². The normalized spacial score (nSPS) is 24.3. The molecule has 0 aromatic heterocycles. The molecule has 2 saturated heterocycles. The number of benzene rings is 1. The summed E-state index contributed by atoms with van der Waals surface area (Å²) < 4.78 is 24.1. The minimum Gasteiger partial charge on any atom is -0.389 e. The fraction of sp³-hybridized carbons (Fsp3) is 0.684. The van der Waals surface area contributed by atoms with Gasteiger partial charge in [-0.1, -0.05) is 12.1 Å². The first-order valence-electron chi connectivity index (χ1n) is 9.06. The molecule has 2 heterocycles. The number of ether oxygens (including phenoxy) is 2. The number of rotatable bonds is 7. The number of hydrogen-bond donors (Lipinski definition) is 1. The summed E-state index contributed by atoms with van der Waals surface area (Å²) in [5.41, 5.74) is 1.22. The molecule has 0 saturated carbocycles. The number of likely N-dealkylation sites (tertiary alicyclic amines) is 1. The second-order valence-corrected chi connectivity index (χ2v) is 6.95. The Morgan fingerprint density at radius 2 is 1.96 bits per heavy atom. The zero-order chi connectivity index (χ0) is 16.8. The van der Waals surface area contributed by atoms with Crippen molar-refractivity contribution < 1.29 is 19.0 Å². The molecule has 0 bridgehead atoms. The molecule has 5 heteroatoms. The second-order valence-electron chi connectivity index (χ2n) is 6.95. The van der Waals surface area contributed by atoms with Gasteiger partial charge >= 0.3 is 0 Å². The number of aliphatic hydroxyl groups is 1. The Balaban J connectivity index is 1.33. The molecule has 0 radical (unpaired) electrons. The van der Waals surface area contributed by atoms with Crippen LogP contribution in [0.2, 0.25) is 0 Å². The van der Waals surface area contributed by atoms with Crippen molar-refractivity contribution in [3.8, 4) is 0 Å². The van der Waals surface area contributed by atoms with Crippen LogP contribution < -0.4 is 0 Å². The Bertz CT molecular complexity index is 482. The smallest absolute Gasteiger partial charge is 0.123 e. The lowest BCUT2D eigenvalue weighted by molar-refractivity contribution is -0.0267. The van der Waals surface area contributed by atoms with Crippen LogP contribution in [0.1, 0.15) is 37.2 Å². The van der Waals surface area contributed by atoms with Gasteiger partial charge in [0, 0.05) is 13.2 Å². The largest absolute Gasteiger partial charge is 0.389 e. The summed E-state index contributed by atoms with van der Waals surface area (Å²) in [6.45, 7) is 4.37. The van der Waals surface area contributed by atoms with E-state index in [4.69, 9.17) is 9.47 Å². The van der Waals surface area contributed by atoms with Gasteiger partial charge in [-0.25, -0.2) is 4.39 Å². The highest BCUT2D eigenvalue weighted by atomic mass is 19.1. The van der Waals surface area contributed by atoms with Crippen molar-refractivity contribution >= 4 is 0 Å². The topological polar surface area (TPSA) is 41.9 Å². The quantitative estimate of drug-likeness (QED) is 0.830. The summed E-state index contributed by atoms with van der Waals surface area (Å²) in [7, 11) is 0. The molecule has 3 rings (SSSR count). The summed E-state index contributed by atoms with van der Waals surface area (Å²) in [5.74, 6) is 0.317. The SMILES string of the molecule is OC(COCC1CCCO1)CN1CCC(c2ccc(F)cc2)CC1. The van der Waals surface area contributed by atoms with Crippen LogP contribution >= 0.6 is 0 Å². The Hall–Kier alpha value is -1.01. The number of piperidine rings is 1. The average molecular weight is 337 g/mol. The summed E-state index contributed by atoms with van der Waals surface area (Å²) in [6.07, 6.45) is 4.04. The van der Waals surface area contributed by atoms with E-state index in [0.29, 0.717) is 25.7 Å². The molecule has 24 heavy (non-hydrogen) atoms. The van der Waals surface area contributed by atoms with Gasteiger partial charge in [-0.3, -0.25) is 0 Å². The van der Waals surface area contributed by atoms with Crippen LogP contribution in [0, 0.1) is 5.82 Å². The van der Waals surface area contributed by atoms with E-state index in [9.17, 15) is 9.50 Å². The third-order valence-corrected chi connectivity index (χ3v) is 5.04. The second kappa shape index (κ2) is 8.90. The molecule has 0 spiro atoms. The molecule has 0 amide bonds. The van der Waals surface area contributed by atoms with Crippen LogP contribution in [0.4, 0.5) is 4.39 Å². The first-order valence-corrected chi connectivity index (χ1v) is 9.06. The van der Waals surface area contributed by atoms with E-state index < -0.39 is 6.10 Å². The molecule has 134 valence electrons. The molecule has 1 aromatic rings. The first-order chi connectivity index (χ1) is 11.7. The highest BCUT2D eigenvalue weighted by molar-refractivity contribution is 5.21. The Morgan fingerprint density at radius 3 is 2.62 bits per heavy atom. The van der Waals surface area contributed by atoms with Crippen LogP contribution in [0.5, 0.6) is 0 Å². The van der Waals surface area contributed by atoms with Crippen molar-refractivity contribution in [3.05, 3.63) is 35.6 Å². The number of β-amino-alcohol motifs (C(OH)–C–C–N with tert-alkyl or cyclic N) is 1. The van der Waals surface area contributed by atoms with Gasteiger partial charge in [0.15, 0.2) is 0 Å². The summed E-state index contributed by atoms with van der Waals surface area (Å²) in [6, 6.07) is 6.86. The number of nitrogens with zero attached hydrogens (tertiary/aromatic N) is 1. The van der Waals surface area contributed by atoms with Gasteiger partial charge in [0.2, 0.25) is 0 Å². The minimum atomic E-state index is -0.450. The zero-order valence-electron chi connectivity index (χ0n) is 14.2. The van der Waals surface area contributed by atoms with Crippen molar-refractivity contribution in [2.24, 2.45) is 0 Å². The summed E-state index contributed by atoms with van der Waals surface area (Å²) in [4.78, 5) is 2.29. The number of hydrogen-bond acceptors (Lipinski definition) is 4. The predicted molar refractivity (Wildman–Crippen MR) is 90.6 cm³/mol. The molecule has 1 aromatic carbocycles. The van der Waals surface area contributed by atoms with E-state index in [2.05, 4.69) is 4.90 Å². The summed E-state index contributed by atoms with van der Waals surface area (Å²) >= 11 is 0.